The summed E-state index contributed by atoms with van der Waals surface area (Å²) in [6.45, 7) is 7.94. The highest BCUT2D eigenvalue weighted by Gasteiger charge is 2.19. The van der Waals surface area contributed by atoms with Crippen molar-refractivity contribution in [1.29, 1.82) is 0 Å². The molecule has 1 N–H and O–H groups in total. The number of aryl methyl sites for hydroxylation is 2. The van der Waals surface area contributed by atoms with E-state index in [2.05, 4.69) is 27.1 Å². The van der Waals surface area contributed by atoms with Crippen molar-refractivity contribution in [3.05, 3.63) is 46.4 Å². The average Bonchev–Trinajstić information content (AvgIpc) is 2.58. The summed E-state index contributed by atoms with van der Waals surface area (Å²) in [7, 11) is 0. The number of rotatable bonds is 3. The molecule has 0 saturated carbocycles. The molecule has 2 aromatic rings. The van der Waals surface area contributed by atoms with Crippen LogP contribution in [0.2, 0.25) is 5.02 Å². The number of carbonyl (C=O) groups excluding carboxylic acids is 1. The lowest BCUT2D eigenvalue weighted by molar-refractivity contribution is 0.102. The maximum Gasteiger partial charge on any atom is 0.274 e. The summed E-state index contributed by atoms with van der Waals surface area (Å²) in [6, 6.07) is 7.23. The first-order valence-corrected chi connectivity index (χ1v) is 8.98. The first kappa shape index (κ1) is 17.7. The fourth-order valence-electron chi connectivity index (χ4n) is 2.93. The Hall–Kier alpha value is -2.14. The van der Waals surface area contributed by atoms with Gasteiger partial charge in [-0.3, -0.25) is 4.79 Å². The molecule has 1 amide bonds. The van der Waals surface area contributed by atoms with Crippen LogP contribution in [0, 0.1) is 19.8 Å². The smallest absolute Gasteiger partial charge is 0.274 e. The maximum atomic E-state index is 12.6. The molecule has 1 aliphatic rings. The Kier molecular flexibility index (Phi) is 5.23. The largest absolute Gasteiger partial charge is 0.356 e. The lowest BCUT2D eigenvalue weighted by Gasteiger charge is -2.31. The summed E-state index contributed by atoms with van der Waals surface area (Å²) >= 11 is 6.12. The van der Waals surface area contributed by atoms with E-state index in [1.807, 2.05) is 26.0 Å². The summed E-state index contributed by atoms with van der Waals surface area (Å²) in [5.41, 5.74) is 2.00. The van der Waals surface area contributed by atoms with Crippen molar-refractivity contribution in [3.63, 3.8) is 0 Å². The minimum atomic E-state index is -0.253. The molecule has 1 fully saturated rings. The van der Waals surface area contributed by atoms with Crippen molar-refractivity contribution in [2.45, 2.75) is 33.6 Å². The number of nitrogens with zero attached hydrogens (tertiary/aromatic N) is 3. The number of amides is 1. The number of carbonyl (C=O) groups is 1. The summed E-state index contributed by atoms with van der Waals surface area (Å²) < 4.78 is 0. The third kappa shape index (κ3) is 4.28. The molecule has 5 nitrogen and oxygen atoms in total. The fourth-order valence-corrected chi connectivity index (χ4v) is 3.11. The topological polar surface area (TPSA) is 58.1 Å². The summed E-state index contributed by atoms with van der Waals surface area (Å²) in [4.78, 5) is 23.6. The predicted molar refractivity (Wildman–Crippen MR) is 102 cm³/mol. The number of hydrogen-bond donors (Lipinski definition) is 1. The number of aromatic nitrogens is 2. The van der Waals surface area contributed by atoms with Gasteiger partial charge in [0.1, 0.15) is 17.3 Å². The van der Waals surface area contributed by atoms with Crippen molar-refractivity contribution in [2.75, 3.05) is 23.3 Å². The van der Waals surface area contributed by atoms with Crippen LogP contribution in [0.5, 0.6) is 0 Å². The van der Waals surface area contributed by atoms with Gasteiger partial charge in [0.2, 0.25) is 0 Å². The minimum absolute atomic E-state index is 0.253. The van der Waals surface area contributed by atoms with Crippen LogP contribution in [0.4, 0.5) is 11.5 Å². The van der Waals surface area contributed by atoms with Gasteiger partial charge in [-0.15, -0.1) is 0 Å². The van der Waals surface area contributed by atoms with E-state index in [4.69, 9.17) is 11.6 Å². The molecule has 1 aromatic carbocycles. The van der Waals surface area contributed by atoms with Crippen LogP contribution in [0.15, 0.2) is 24.3 Å². The number of nitrogens with one attached hydrogen (secondary N) is 1. The third-order valence-corrected chi connectivity index (χ3v) is 5.00. The van der Waals surface area contributed by atoms with Gasteiger partial charge in [-0.25, -0.2) is 9.97 Å². The van der Waals surface area contributed by atoms with Gasteiger partial charge in [0.05, 0.1) is 0 Å². The van der Waals surface area contributed by atoms with Crippen LogP contribution >= 0.6 is 11.6 Å². The number of hydrogen-bond acceptors (Lipinski definition) is 4. The second-order valence-electron chi connectivity index (χ2n) is 6.75. The number of benzene rings is 1. The lowest BCUT2D eigenvalue weighted by Crippen LogP contribution is -2.34. The molecule has 2 heterocycles. The molecule has 25 heavy (non-hydrogen) atoms. The minimum Gasteiger partial charge on any atom is -0.356 e. The zero-order valence-electron chi connectivity index (χ0n) is 14.8. The van der Waals surface area contributed by atoms with Crippen molar-refractivity contribution < 1.29 is 4.79 Å². The Morgan fingerprint density at radius 1 is 1.20 bits per heavy atom. The van der Waals surface area contributed by atoms with Crippen LogP contribution in [0.3, 0.4) is 0 Å². The number of halogens is 1. The van der Waals surface area contributed by atoms with E-state index in [9.17, 15) is 4.79 Å². The van der Waals surface area contributed by atoms with Gasteiger partial charge in [-0.1, -0.05) is 24.6 Å². The highest BCUT2D eigenvalue weighted by atomic mass is 35.5. The molecular weight excluding hydrogens is 336 g/mol. The summed E-state index contributed by atoms with van der Waals surface area (Å²) in [5, 5.41) is 3.48. The molecule has 0 radical (unpaired) electrons. The Bertz CT molecular complexity index is 785. The van der Waals surface area contributed by atoms with Gasteiger partial charge in [0.15, 0.2) is 0 Å². The van der Waals surface area contributed by atoms with Crippen molar-refractivity contribution in [1.82, 2.24) is 9.97 Å². The normalized spacial score (nSPS) is 15.3. The first-order valence-electron chi connectivity index (χ1n) is 8.60. The standard InChI is InChI=1S/C19H23ClN4O/c1-12-6-8-24(9-7-12)18-11-17(21-14(3)22-18)19(25)23-15-5-4-13(2)16(20)10-15/h4-5,10-12H,6-9H2,1-3H3,(H,23,25). The number of anilines is 2. The molecule has 1 aromatic heterocycles. The second-order valence-corrected chi connectivity index (χ2v) is 7.15. The highest BCUT2D eigenvalue weighted by molar-refractivity contribution is 6.31. The highest BCUT2D eigenvalue weighted by Crippen LogP contribution is 2.23. The Labute approximate surface area is 153 Å². The van der Waals surface area contributed by atoms with E-state index < -0.39 is 0 Å². The average molecular weight is 359 g/mol. The molecule has 3 rings (SSSR count). The molecule has 132 valence electrons. The van der Waals surface area contributed by atoms with Gasteiger partial charge in [-0.05, 0) is 50.3 Å². The first-order chi connectivity index (χ1) is 11.9. The number of piperidine rings is 1. The van der Waals surface area contributed by atoms with Crippen molar-refractivity contribution in [2.24, 2.45) is 5.92 Å². The van der Waals surface area contributed by atoms with Crippen LogP contribution in [-0.4, -0.2) is 29.0 Å². The summed E-state index contributed by atoms with van der Waals surface area (Å²) in [5.74, 6) is 1.92. The molecule has 1 aliphatic heterocycles. The van der Waals surface area contributed by atoms with E-state index >= 15 is 0 Å². The molecule has 0 bridgehead atoms. The van der Waals surface area contributed by atoms with Crippen LogP contribution in [0.1, 0.15) is 41.6 Å². The van der Waals surface area contributed by atoms with E-state index in [-0.39, 0.29) is 5.91 Å². The van der Waals surface area contributed by atoms with Crippen molar-refractivity contribution >= 4 is 29.0 Å². The van der Waals surface area contributed by atoms with Crippen LogP contribution < -0.4 is 10.2 Å². The Balaban J connectivity index is 1.79. The molecule has 6 heteroatoms. The van der Waals surface area contributed by atoms with E-state index in [1.54, 1.807) is 12.1 Å². The molecule has 0 spiro atoms. The second kappa shape index (κ2) is 7.40. The van der Waals surface area contributed by atoms with Crippen LogP contribution in [0.25, 0.3) is 0 Å². The molecule has 0 aliphatic carbocycles. The zero-order chi connectivity index (χ0) is 18.0. The van der Waals surface area contributed by atoms with E-state index in [0.29, 0.717) is 22.2 Å². The van der Waals surface area contributed by atoms with E-state index in [0.717, 1.165) is 43.2 Å². The maximum absolute atomic E-state index is 12.6. The van der Waals surface area contributed by atoms with Gasteiger partial charge >= 0.3 is 0 Å². The lowest BCUT2D eigenvalue weighted by atomic mass is 9.99. The Morgan fingerprint density at radius 3 is 2.60 bits per heavy atom. The predicted octanol–water partition coefficient (Wildman–Crippen LogP) is 4.24. The van der Waals surface area contributed by atoms with Crippen LogP contribution in [-0.2, 0) is 0 Å². The fraction of sp³-hybridized carbons (Fsp3) is 0.421. The van der Waals surface area contributed by atoms with Crippen molar-refractivity contribution in [3.8, 4) is 0 Å². The van der Waals surface area contributed by atoms with Gasteiger partial charge in [0.25, 0.3) is 5.91 Å². The Morgan fingerprint density at radius 2 is 1.92 bits per heavy atom. The van der Waals surface area contributed by atoms with Gasteiger partial charge < -0.3 is 10.2 Å². The SMILES string of the molecule is Cc1nc(C(=O)Nc2ccc(C)c(Cl)c2)cc(N2CCC(C)CC2)n1. The monoisotopic (exact) mass is 358 g/mol. The molecule has 0 unspecified atom stereocenters. The third-order valence-electron chi connectivity index (χ3n) is 4.59. The van der Waals surface area contributed by atoms with E-state index in [1.165, 1.54) is 0 Å². The molecular formula is C19H23ClN4O. The quantitative estimate of drug-likeness (QED) is 0.891. The van der Waals surface area contributed by atoms with Gasteiger partial charge in [-0.2, -0.15) is 0 Å². The zero-order valence-corrected chi connectivity index (χ0v) is 15.6. The van der Waals surface area contributed by atoms with Gasteiger partial charge in [0, 0.05) is 29.9 Å². The summed E-state index contributed by atoms with van der Waals surface area (Å²) in [6.07, 6.45) is 2.29. The molecule has 0 atom stereocenters. The molecule has 1 saturated heterocycles.